The molecule has 2 aromatic rings. The predicted octanol–water partition coefficient (Wildman–Crippen LogP) is 3.84. The first kappa shape index (κ1) is 19.7. The number of rotatable bonds is 4. The number of anilines is 1. The first-order valence-corrected chi connectivity index (χ1v) is 10.7. The predicted molar refractivity (Wildman–Crippen MR) is 117 cm³/mol. The van der Waals surface area contributed by atoms with E-state index in [1.54, 1.807) is 13.1 Å². The molecule has 2 fully saturated rings. The second-order valence-corrected chi connectivity index (χ2v) is 8.85. The van der Waals surface area contributed by atoms with Crippen molar-refractivity contribution in [3.05, 3.63) is 52.4 Å². The summed E-state index contributed by atoms with van der Waals surface area (Å²) in [5.41, 5.74) is 1.61. The molecule has 8 heteroatoms. The number of benzene rings is 1. The lowest BCUT2D eigenvalue weighted by atomic mass is 9.90. The molecule has 1 aromatic carbocycles. The van der Waals surface area contributed by atoms with Crippen molar-refractivity contribution in [2.24, 2.45) is 5.92 Å². The van der Waals surface area contributed by atoms with E-state index >= 15 is 0 Å². The van der Waals surface area contributed by atoms with Crippen molar-refractivity contribution in [2.75, 3.05) is 25.0 Å². The first-order chi connectivity index (χ1) is 14.0. The molecule has 0 spiro atoms. The van der Waals surface area contributed by atoms with Crippen LogP contribution in [0.15, 0.2) is 39.7 Å². The maximum Gasteiger partial charge on any atom is 0.266 e. The zero-order valence-corrected chi connectivity index (χ0v) is 17.6. The largest absolute Gasteiger partial charge is 0.420 e. The van der Waals surface area contributed by atoms with Gasteiger partial charge >= 0.3 is 0 Å². The number of thiocarbonyl (C=S) groups is 1. The van der Waals surface area contributed by atoms with Gasteiger partial charge in [-0.2, -0.15) is 10.2 Å². The number of thioether (sulfide) groups is 1. The maximum absolute atomic E-state index is 12.2. The van der Waals surface area contributed by atoms with Gasteiger partial charge in [0.15, 0.2) is 0 Å². The van der Waals surface area contributed by atoms with E-state index in [1.807, 2.05) is 6.07 Å². The number of carbonyl (C=O) groups is 1. The molecule has 6 nitrogen and oxygen atoms in total. The van der Waals surface area contributed by atoms with E-state index in [9.17, 15) is 10.1 Å². The third-order valence-electron chi connectivity index (χ3n) is 5.24. The van der Waals surface area contributed by atoms with E-state index in [0.717, 1.165) is 32.4 Å². The number of nitrogens with zero attached hydrogens (tertiary/aromatic N) is 4. The van der Waals surface area contributed by atoms with Crippen molar-refractivity contribution in [3.63, 3.8) is 0 Å². The van der Waals surface area contributed by atoms with Crippen LogP contribution in [0.5, 0.6) is 0 Å². The minimum Gasteiger partial charge on any atom is -0.420 e. The molecule has 3 heterocycles. The van der Waals surface area contributed by atoms with Gasteiger partial charge in [-0.05, 0) is 30.7 Å². The second kappa shape index (κ2) is 8.39. The molecule has 0 unspecified atom stereocenters. The van der Waals surface area contributed by atoms with Crippen LogP contribution >= 0.6 is 24.0 Å². The van der Waals surface area contributed by atoms with Crippen LogP contribution in [0.3, 0.4) is 0 Å². The van der Waals surface area contributed by atoms with Crippen LogP contribution in [0, 0.1) is 17.2 Å². The SMILES string of the molecule is CN1C(=O)/C(=C/c2nc(C#N)c(N3CCC(Cc4ccccc4)CC3)o2)SC1=S. The van der Waals surface area contributed by atoms with Gasteiger partial charge in [-0.1, -0.05) is 54.3 Å². The maximum atomic E-state index is 12.2. The van der Waals surface area contributed by atoms with E-state index in [2.05, 4.69) is 40.2 Å². The van der Waals surface area contributed by atoms with Crippen molar-refractivity contribution < 1.29 is 9.21 Å². The fraction of sp³-hybridized carbons (Fsp3) is 0.333. The first-order valence-electron chi connectivity index (χ1n) is 9.46. The normalized spacial score (nSPS) is 19.2. The van der Waals surface area contributed by atoms with Crippen molar-refractivity contribution >= 4 is 46.2 Å². The molecule has 2 saturated heterocycles. The number of likely N-dealkylation sites (N-methyl/N-ethyl adjacent to an activating group) is 1. The summed E-state index contributed by atoms with van der Waals surface area (Å²) < 4.78 is 6.36. The van der Waals surface area contributed by atoms with Crippen LogP contribution in [0.4, 0.5) is 5.88 Å². The summed E-state index contributed by atoms with van der Waals surface area (Å²) in [6.07, 6.45) is 4.70. The fourth-order valence-corrected chi connectivity index (χ4v) is 4.77. The van der Waals surface area contributed by atoms with E-state index in [1.165, 1.54) is 22.2 Å². The average Bonchev–Trinajstić information content (AvgIpc) is 3.26. The van der Waals surface area contributed by atoms with Gasteiger partial charge in [-0.3, -0.25) is 9.69 Å². The summed E-state index contributed by atoms with van der Waals surface area (Å²) in [4.78, 5) is 20.4. The molecule has 29 heavy (non-hydrogen) atoms. The van der Waals surface area contributed by atoms with Crippen LogP contribution in [0.2, 0.25) is 0 Å². The molecule has 1 aromatic heterocycles. The van der Waals surface area contributed by atoms with Gasteiger partial charge in [0, 0.05) is 26.2 Å². The van der Waals surface area contributed by atoms with Gasteiger partial charge < -0.3 is 9.32 Å². The molecule has 0 saturated carbocycles. The Morgan fingerprint density at radius 3 is 2.69 bits per heavy atom. The van der Waals surface area contributed by atoms with Crippen LogP contribution in [-0.4, -0.2) is 40.2 Å². The van der Waals surface area contributed by atoms with Gasteiger partial charge in [0.2, 0.25) is 17.5 Å². The molecule has 0 atom stereocenters. The Hall–Kier alpha value is -2.63. The zero-order chi connectivity index (χ0) is 20.4. The second-order valence-electron chi connectivity index (χ2n) is 7.18. The van der Waals surface area contributed by atoms with Gasteiger partial charge in [-0.25, -0.2) is 0 Å². The van der Waals surface area contributed by atoms with Crippen LogP contribution in [0.25, 0.3) is 6.08 Å². The van der Waals surface area contributed by atoms with Crippen LogP contribution in [0.1, 0.15) is 30.0 Å². The number of hydrogen-bond acceptors (Lipinski definition) is 7. The molecule has 148 valence electrons. The monoisotopic (exact) mass is 424 g/mol. The Morgan fingerprint density at radius 1 is 1.34 bits per heavy atom. The molecule has 2 aliphatic heterocycles. The quantitative estimate of drug-likeness (QED) is 0.545. The van der Waals surface area contributed by atoms with Crippen LogP contribution < -0.4 is 4.90 Å². The zero-order valence-electron chi connectivity index (χ0n) is 16.0. The lowest BCUT2D eigenvalue weighted by Crippen LogP contribution is -2.34. The number of aromatic nitrogens is 1. The van der Waals surface area contributed by atoms with Gasteiger partial charge in [0.25, 0.3) is 5.91 Å². The van der Waals surface area contributed by atoms with Crippen LogP contribution in [-0.2, 0) is 11.2 Å². The smallest absolute Gasteiger partial charge is 0.266 e. The molecule has 0 bridgehead atoms. The van der Waals surface area contributed by atoms with Crippen molar-refractivity contribution in [1.82, 2.24) is 9.88 Å². The molecule has 4 rings (SSSR count). The summed E-state index contributed by atoms with van der Waals surface area (Å²) in [5, 5.41) is 9.49. The van der Waals surface area contributed by atoms with Gasteiger partial charge in [0.05, 0.1) is 4.91 Å². The number of oxazole rings is 1. The molecular weight excluding hydrogens is 404 g/mol. The molecule has 0 aliphatic carbocycles. The molecule has 0 radical (unpaired) electrons. The Kier molecular flexibility index (Phi) is 5.69. The van der Waals surface area contributed by atoms with E-state index in [0.29, 0.717) is 21.0 Å². The number of amides is 1. The third-order valence-corrected chi connectivity index (χ3v) is 6.73. The molecule has 1 amide bonds. The number of hydrogen-bond donors (Lipinski definition) is 0. The minimum absolute atomic E-state index is 0.181. The minimum atomic E-state index is -0.181. The fourth-order valence-electron chi connectivity index (χ4n) is 3.62. The average molecular weight is 425 g/mol. The van der Waals surface area contributed by atoms with E-state index in [4.69, 9.17) is 16.6 Å². The molecular formula is C21H20N4O2S2. The Balaban J connectivity index is 1.45. The molecule has 0 N–H and O–H groups in total. The van der Waals surface area contributed by atoms with E-state index < -0.39 is 0 Å². The van der Waals surface area contributed by atoms with E-state index in [-0.39, 0.29) is 17.5 Å². The number of carbonyl (C=O) groups excluding carboxylic acids is 1. The molecule has 2 aliphatic rings. The summed E-state index contributed by atoms with van der Waals surface area (Å²) in [6.45, 7) is 1.63. The topological polar surface area (TPSA) is 73.4 Å². The Morgan fingerprint density at radius 2 is 2.07 bits per heavy atom. The number of nitriles is 1. The van der Waals surface area contributed by atoms with Gasteiger partial charge in [0.1, 0.15) is 10.4 Å². The highest BCUT2D eigenvalue weighted by atomic mass is 32.2. The summed E-state index contributed by atoms with van der Waals surface area (Å²) in [6, 6.07) is 12.6. The summed E-state index contributed by atoms with van der Waals surface area (Å²) in [5.74, 6) is 1.19. The lowest BCUT2D eigenvalue weighted by molar-refractivity contribution is -0.121. The van der Waals surface area contributed by atoms with Gasteiger partial charge in [-0.15, -0.1) is 0 Å². The summed E-state index contributed by atoms with van der Waals surface area (Å²) in [7, 11) is 1.64. The highest BCUT2D eigenvalue weighted by Crippen LogP contribution is 2.33. The third kappa shape index (κ3) is 4.21. The Labute approximate surface area is 179 Å². The summed E-state index contributed by atoms with van der Waals surface area (Å²) >= 11 is 6.35. The number of piperidine rings is 1. The lowest BCUT2D eigenvalue weighted by Gasteiger charge is -2.31. The highest BCUT2D eigenvalue weighted by molar-refractivity contribution is 8.26. The Bertz CT molecular complexity index is 1000. The van der Waals surface area contributed by atoms with Crippen molar-refractivity contribution in [2.45, 2.75) is 19.3 Å². The van der Waals surface area contributed by atoms with Crippen molar-refractivity contribution in [1.29, 1.82) is 5.26 Å². The van der Waals surface area contributed by atoms with Crippen molar-refractivity contribution in [3.8, 4) is 6.07 Å². The highest BCUT2D eigenvalue weighted by Gasteiger charge is 2.30. The standard InChI is InChI=1S/C21H20N4O2S2/c1-24-19(26)17(29-21(24)28)12-18-23-16(13-22)20(27-18)25-9-7-15(8-10-25)11-14-5-3-2-4-6-14/h2-6,12,15H,7-11H2,1H3/b17-12-.